The summed E-state index contributed by atoms with van der Waals surface area (Å²) < 4.78 is 27.4. The van der Waals surface area contributed by atoms with Crippen molar-refractivity contribution >= 4 is 5.97 Å². The number of aliphatic hydroxyl groups excluding tert-OH is 1. The minimum Gasteiger partial charge on any atom is -0.461 e. The van der Waals surface area contributed by atoms with Gasteiger partial charge in [0.05, 0.1) is 12.2 Å². The maximum atomic E-state index is 11.7. The van der Waals surface area contributed by atoms with E-state index in [1.165, 1.54) is 7.11 Å². The number of ether oxygens (including phenoxy) is 5. The Balaban J connectivity index is 1.98. The van der Waals surface area contributed by atoms with Crippen LogP contribution in [0.4, 0.5) is 0 Å². The molecule has 0 saturated carbocycles. The second kappa shape index (κ2) is 6.18. The van der Waals surface area contributed by atoms with Crippen LogP contribution in [0.3, 0.4) is 0 Å². The highest BCUT2D eigenvalue weighted by atomic mass is 16.8. The lowest BCUT2D eigenvalue weighted by molar-refractivity contribution is -0.229. The zero-order valence-electron chi connectivity index (χ0n) is 13.1. The molecule has 122 valence electrons. The fourth-order valence-electron chi connectivity index (χ4n) is 2.65. The molecule has 2 fully saturated rings. The average Bonchev–Trinajstić information content (AvgIpc) is 2.83. The zero-order chi connectivity index (χ0) is 15.8. The van der Waals surface area contributed by atoms with Gasteiger partial charge in [-0.1, -0.05) is 0 Å². The number of rotatable bonds is 5. The van der Waals surface area contributed by atoms with Gasteiger partial charge >= 0.3 is 5.97 Å². The number of esters is 1. The molecule has 7 heteroatoms. The Morgan fingerprint density at radius 2 is 1.90 bits per heavy atom. The summed E-state index contributed by atoms with van der Waals surface area (Å²) in [5.74, 6) is -1.40. The second-order valence-electron chi connectivity index (χ2n) is 6.08. The summed E-state index contributed by atoms with van der Waals surface area (Å²) in [7, 11) is 1.52. The van der Waals surface area contributed by atoms with E-state index in [4.69, 9.17) is 23.7 Å². The molecule has 2 rings (SSSR count). The molecular weight excluding hydrogens is 280 g/mol. The molecule has 2 saturated heterocycles. The molecule has 21 heavy (non-hydrogen) atoms. The van der Waals surface area contributed by atoms with E-state index >= 15 is 0 Å². The molecule has 1 N–H and O–H groups in total. The van der Waals surface area contributed by atoms with Crippen LogP contribution in [0.5, 0.6) is 0 Å². The van der Waals surface area contributed by atoms with Gasteiger partial charge < -0.3 is 28.8 Å². The van der Waals surface area contributed by atoms with Crippen molar-refractivity contribution in [3.8, 4) is 0 Å². The summed E-state index contributed by atoms with van der Waals surface area (Å²) in [4.78, 5) is 11.7. The molecule has 0 aromatic heterocycles. The van der Waals surface area contributed by atoms with E-state index in [1.54, 1.807) is 27.7 Å². The third kappa shape index (κ3) is 3.73. The first-order valence-electron chi connectivity index (χ1n) is 7.16. The fraction of sp³-hybridized carbons (Fsp3) is 0.929. The smallest absolute Gasteiger partial charge is 0.335 e. The van der Waals surface area contributed by atoms with Crippen molar-refractivity contribution in [2.75, 3.05) is 7.11 Å². The van der Waals surface area contributed by atoms with Crippen LogP contribution in [0.1, 0.15) is 34.1 Å². The highest BCUT2D eigenvalue weighted by Gasteiger charge is 2.56. The van der Waals surface area contributed by atoms with Gasteiger partial charge in [-0.15, -0.1) is 0 Å². The van der Waals surface area contributed by atoms with Crippen LogP contribution in [0.15, 0.2) is 0 Å². The Morgan fingerprint density at radius 1 is 1.29 bits per heavy atom. The van der Waals surface area contributed by atoms with E-state index in [9.17, 15) is 9.90 Å². The van der Waals surface area contributed by atoms with E-state index in [0.29, 0.717) is 0 Å². The summed E-state index contributed by atoms with van der Waals surface area (Å²) in [6.07, 6.45) is -3.28. The van der Waals surface area contributed by atoms with E-state index < -0.39 is 30.3 Å². The molecule has 0 bridgehead atoms. The Hall–Kier alpha value is -0.730. The van der Waals surface area contributed by atoms with Crippen LogP contribution >= 0.6 is 0 Å². The highest BCUT2D eigenvalue weighted by Crippen LogP contribution is 2.40. The second-order valence-corrected chi connectivity index (χ2v) is 6.08. The SMILES string of the molecule is CO[C@H]1O[C@H](C[C@@H](O)C(=O)OC(C)C)[C@@H]2OC(C)(C)O[C@H]12. The first-order chi connectivity index (χ1) is 9.73. The van der Waals surface area contributed by atoms with Gasteiger partial charge in [0, 0.05) is 13.5 Å². The van der Waals surface area contributed by atoms with Gasteiger partial charge in [0.2, 0.25) is 0 Å². The highest BCUT2D eigenvalue weighted by molar-refractivity contribution is 5.74. The van der Waals surface area contributed by atoms with Crippen LogP contribution in [0, 0.1) is 0 Å². The van der Waals surface area contributed by atoms with Crippen LogP contribution in [-0.4, -0.2) is 60.8 Å². The number of fused-ring (bicyclic) bond motifs is 1. The summed E-state index contributed by atoms with van der Waals surface area (Å²) in [6.45, 7) is 7.06. The molecule has 0 aromatic rings. The fourth-order valence-corrected chi connectivity index (χ4v) is 2.65. The van der Waals surface area contributed by atoms with Gasteiger partial charge in [-0.25, -0.2) is 4.79 Å². The third-order valence-electron chi connectivity index (χ3n) is 3.42. The van der Waals surface area contributed by atoms with E-state index in [0.717, 1.165) is 0 Å². The Morgan fingerprint density at radius 3 is 2.48 bits per heavy atom. The molecule has 5 atom stereocenters. The van der Waals surface area contributed by atoms with E-state index in [2.05, 4.69) is 0 Å². The summed E-state index contributed by atoms with van der Waals surface area (Å²) >= 11 is 0. The largest absolute Gasteiger partial charge is 0.461 e. The van der Waals surface area contributed by atoms with E-state index in [-0.39, 0.29) is 24.7 Å². The number of hydrogen-bond acceptors (Lipinski definition) is 7. The van der Waals surface area contributed by atoms with Gasteiger partial charge in [-0.05, 0) is 27.7 Å². The van der Waals surface area contributed by atoms with Crippen LogP contribution < -0.4 is 0 Å². The Bertz CT molecular complexity index is 382. The average molecular weight is 304 g/mol. The molecule has 0 radical (unpaired) electrons. The molecule has 0 amide bonds. The van der Waals surface area contributed by atoms with Crippen LogP contribution in [0.2, 0.25) is 0 Å². The van der Waals surface area contributed by atoms with Crippen molar-refractivity contribution in [3.05, 3.63) is 0 Å². The lowest BCUT2D eigenvalue weighted by Gasteiger charge is -2.24. The monoisotopic (exact) mass is 304 g/mol. The molecule has 0 spiro atoms. The third-order valence-corrected chi connectivity index (χ3v) is 3.42. The maximum Gasteiger partial charge on any atom is 0.335 e. The number of aliphatic hydroxyl groups is 1. The van der Waals surface area contributed by atoms with Gasteiger partial charge in [0.25, 0.3) is 0 Å². The molecule has 0 aliphatic carbocycles. The quantitative estimate of drug-likeness (QED) is 0.744. The standard InChI is InChI=1S/C14H24O7/c1-7(2)18-12(16)8(15)6-9-10-11(13(17-5)19-9)21-14(3,4)20-10/h7-11,13,15H,6H2,1-5H3/t8-,9-,10+,11+,13+/m1/s1. The summed E-state index contributed by atoms with van der Waals surface area (Å²) in [5.41, 5.74) is 0. The summed E-state index contributed by atoms with van der Waals surface area (Å²) in [5, 5.41) is 9.94. The lowest BCUT2D eigenvalue weighted by atomic mass is 10.0. The van der Waals surface area contributed by atoms with Crippen molar-refractivity contribution in [2.24, 2.45) is 0 Å². The van der Waals surface area contributed by atoms with Crippen molar-refractivity contribution in [2.45, 2.75) is 76.7 Å². The molecular formula is C14H24O7. The normalized spacial score (nSPS) is 35.8. The molecule has 2 heterocycles. The number of hydrogen-bond donors (Lipinski definition) is 1. The van der Waals surface area contributed by atoms with Crippen molar-refractivity contribution in [3.63, 3.8) is 0 Å². The lowest BCUT2D eigenvalue weighted by Crippen LogP contribution is -2.36. The summed E-state index contributed by atoms with van der Waals surface area (Å²) in [6, 6.07) is 0. The van der Waals surface area contributed by atoms with Crippen molar-refractivity contribution in [1.82, 2.24) is 0 Å². The molecule has 7 nitrogen and oxygen atoms in total. The minimum atomic E-state index is -1.26. The first kappa shape index (κ1) is 16.6. The van der Waals surface area contributed by atoms with Crippen LogP contribution in [0.25, 0.3) is 0 Å². The predicted molar refractivity (Wildman–Crippen MR) is 71.3 cm³/mol. The topological polar surface area (TPSA) is 83.5 Å². The van der Waals surface area contributed by atoms with E-state index in [1.807, 2.05) is 0 Å². The van der Waals surface area contributed by atoms with Gasteiger partial charge in [0.1, 0.15) is 12.2 Å². The van der Waals surface area contributed by atoms with Crippen molar-refractivity contribution < 1.29 is 33.6 Å². The van der Waals surface area contributed by atoms with Gasteiger partial charge in [-0.2, -0.15) is 0 Å². The van der Waals surface area contributed by atoms with Crippen molar-refractivity contribution in [1.29, 1.82) is 0 Å². The number of carbonyl (C=O) groups excluding carboxylic acids is 1. The Labute approximate surface area is 124 Å². The minimum absolute atomic E-state index is 0.0754. The number of methoxy groups -OCH3 is 1. The van der Waals surface area contributed by atoms with Gasteiger partial charge in [0.15, 0.2) is 18.2 Å². The maximum absolute atomic E-state index is 11.7. The number of carbonyl (C=O) groups is 1. The molecule has 2 aliphatic rings. The Kier molecular flexibility index (Phi) is 4.89. The molecule has 0 unspecified atom stereocenters. The first-order valence-corrected chi connectivity index (χ1v) is 7.16. The predicted octanol–water partition coefficient (Wildman–Crippen LogP) is 0.580. The molecule has 2 aliphatic heterocycles. The zero-order valence-corrected chi connectivity index (χ0v) is 13.1. The van der Waals surface area contributed by atoms with Crippen LogP contribution in [-0.2, 0) is 28.5 Å². The molecule has 0 aromatic carbocycles. The van der Waals surface area contributed by atoms with Gasteiger partial charge in [-0.3, -0.25) is 0 Å².